The lowest BCUT2D eigenvalue weighted by molar-refractivity contribution is 0.111. The smallest absolute Gasteiger partial charge is 0.165 e. The Morgan fingerprint density at radius 1 is 0.929 bits per heavy atom. The zero-order chi connectivity index (χ0) is 20.3. The fourth-order valence-electron chi connectivity index (χ4n) is 3.23. The summed E-state index contributed by atoms with van der Waals surface area (Å²) in [4.78, 5) is 25.8. The normalized spacial score (nSPS) is 10.4. The van der Waals surface area contributed by atoms with Crippen LogP contribution in [0.2, 0.25) is 0 Å². The van der Waals surface area contributed by atoms with E-state index in [9.17, 15) is 14.0 Å². The third kappa shape index (κ3) is 3.25. The summed E-state index contributed by atoms with van der Waals surface area (Å²) in [6.07, 6.45) is 1.54. The number of benzene rings is 3. The van der Waals surface area contributed by atoms with Crippen LogP contribution in [0.15, 0.2) is 48.5 Å². The molecular weight excluding hydrogens is 359 g/mol. The van der Waals surface area contributed by atoms with E-state index in [4.69, 9.17) is 4.74 Å². The van der Waals surface area contributed by atoms with Gasteiger partial charge in [-0.05, 0) is 48.5 Å². The molecule has 0 saturated carbocycles. The molecule has 0 bridgehead atoms. The zero-order valence-corrected chi connectivity index (χ0v) is 15.5. The molecule has 142 valence electrons. The van der Waals surface area contributed by atoms with Crippen molar-refractivity contribution < 1.29 is 18.7 Å². The molecule has 6 heteroatoms. The van der Waals surface area contributed by atoms with Crippen molar-refractivity contribution in [3.05, 3.63) is 65.5 Å². The second-order valence-electron chi connectivity index (χ2n) is 6.00. The van der Waals surface area contributed by atoms with Crippen molar-refractivity contribution in [1.29, 1.82) is 0 Å². The number of halogens is 1. The molecule has 3 N–H and O–H groups in total. The standard InChI is InChI=1S/C21H14FNO3.CH5N/c1-26-20-5-3-13(9-18(20)22)14-7-15(11-25)21-17(8-14)16-4-2-12(10-24)6-19(16)23-21;1-2/h2-11,23H,1H3;2H2,1H3. The van der Waals surface area contributed by atoms with Gasteiger partial charge in [0.15, 0.2) is 17.9 Å². The Balaban J connectivity index is 0.00000109. The van der Waals surface area contributed by atoms with Gasteiger partial charge in [0.2, 0.25) is 0 Å². The van der Waals surface area contributed by atoms with Crippen molar-refractivity contribution in [3.63, 3.8) is 0 Å². The maximum Gasteiger partial charge on any atom is 0.165 e. The number of hydrogen-bond acceptors (Lipinski definition) is 4. The molecule has 4 rings (SSSR count). The van der Waals surface area contributed by atoms with Crippen LogP contribution in [0, 0.1) is 5.82 Å². The Labute approximate surface area is 160 Å². The van der Waals surface area contributed by atoms with Crippen molar-refractivity contribution in [1.82, 2.24) is 4.98 Å². The SMILES string of the molecule is CN.COc1ccc(-c2cc(C=O)c3[nH]c4cc(C=O)ccc4c3c2)cc1F. The minimum Gasteiger partial charge on any atom is -0.494 e. The first-order valence-corrected chi connectivity index (χ1v) is 8.56. The van der Waals surface area contributed by atoms with Crippen LogP contribution >= 0.6 is 0 Å². The summed E-state index contributed by atoms with van der Waals surface area (Å²) < 4.78 is 19.0. The summed E-state index contributed by atoms with van der Waals surface area (Å²) >= 11 is 0. The molecular formula is C22H19FN2O3. The van der Waals surface area contributed by atoms with Crippen molar-refractivity contribution in [3.8, 4) is 16.9 Å². The van der Waals surface area contributed by atoms with Gasteiger partial charge in [0, 0.05) is 27.4 Å². The van der Waals surface area contributed by atoms with E-state index in [2.05, 4.69) is 10.7 Å². The van der Waals surface area contributed by atoms with Crippen LogP contribution in [-0.4, -0.2) is 31.7 Å². The average Bonchev–Trinajstić information content (AvgIpc) is 3.12. The van der Waals surface area contributed by atoms with Gasteiger partial charge in [-0.3, -0.25) is 9.59 Å². The number of aldehydes is 2. The lowest BCUT2D eigenvalue weighted by atomic mass is 9.99. The largest absolute Gasteiger partial charge is 0.494 e. The fraction of sp³-hybridized carbons (Fsp3) is 0.0909. The Hall–Kier alpha value is -3.51. The number of hydrogen-bond donors (Lipinski definition) is 2. The first-order chi connectivity index (χ1) is 13.6. The third-order valence-electron chi connectivity index (χ3n) is 4.51. The topological polar surface area (TPSA) is 85.2 Å². The number of methoxy groups -OCH3 is 1. The van der Waals surface area contributed by atoms with Gasteiger partial charge in [-0.15, -0.1) is 0 Å². The average molecular weight is 378 g/mol. The van der Waals surface area contributed by atoms with E-state index < -0.39 is 5.82 Å². The number of carbonyl (C=O) groups excluding carboxylic acids is 2. The number of rotatable bonds is 4. The molecule has 0 spiro atoms. The van der Waals surface area contributed by atoms with E-state index in [1.165, 1.54) is 20.2 Å². The molecule has 0 atom stereocenters. The Bertz CT molecular complexity index is 1180. The minimum absolute atomic E-state index is 0.166. The lowest BCUT2D eigenvalue weighted by Gasteiger charge is -2.07. The predicted octanol–water partition coefficient (Wildman–Crippen LogP) is 4.34. The molecule has 0 aliphatic heterocycles. The van der Waals surface area contributed by atoms with E-state index in [0.717, 1.165) is 34.4 Å². The monoisotopic (exact) mass is 378 g/mol. The number of carbonyl (C=O) groups is 2. The van der Waals surface area contributed by atoms with Crippen LogP contribution in [0.1, 0.15) is 20.7 Å². The number of nitrogens with two attached hydrogens (primary N) is 1. The number of fused-ring (bicyclic) bond motifs is 3. The maximum absolute atomic E-state index is 14.1. The Morgan fingerprint density at radius 3 is 2.36 bits per heavy atom. The number of ether oxygens (including phenoxy) is 1. The summed E-state index contributed by atoms with van der Waals surface area (Å²) in [5.74, 6) is -0.300. The molecule has 28 heavy (non-hydrogen) atoms. The molecule has 0 unspecified atom stereocenters. The van der Waals surface area contributed by atoms with Gasteiger partial charge in [-0.1, -0.05) is 18.2 Å². The quantitative estimate of drug-likeness (QED) is 0.518. The van der Waals surface area contributed by atoms with E-state index in [1.54, 1.807) is 30.3 Å². The fourth-order valence-corrected chi connectivity index (χ4v) is 3.23. The van der Waals surface area contributed by atoms with E-state index in [0.29, 0.717) is 22.2 Å². The molecule has 0 radical (unpaired) electrons. The summed E-state index contributed by atoms with van der Waals surface area (Å²) in [6, 6.07) is 13.6. The highest BCUT2D eigenvalue weighted by atomic mass is 19.1. The highest BCUT2D eigenvalue weighted by Gasteiger charge is 2.13. The molecule has 0 amide bonds. The molecule has 1 heterocycles. The lowest BCUT2D eigenvalue weighted by Crippen LogP contribution is -1.90. The number of H-pyrrole nitrogens is 1. The van der Waals surface area contributed by atoms with Crippen molar-refractivity contribution in [2.45, 2.75) is 0 Å². The molecule has 4 aromatic rings. The predicted molar refractivity (Wildman–Crippen MR) is 109 cm³/mol. The number of nitrogens with one attached hydrogen (secondary N) is 1. The van der Waals surface area contributed by atoms with Crippen LogP contribution in [0.3, 0.4) is 0 Å². The maximum atomic E-state index is 14.1. The van der Waals surface area contributed by atoms with Gasteiger partial charge < -0.3 is 15.5 Å². The van der Waals surface area contributed by atoms with Gasteiger partial charge in [-0.25, -0.2) is 4.39 Å². The first kappa shape index (κ1) is 19.3. The molecule has 0 aliphatic rings. The van der Waals surface area contributed by atoms with Crippen molar-refractivity contribution >= 4 is 34.4 Å². The Morgan fingerprint density at radius 2 is 1.71 bits per heavy atom. The van der Waals surface area contributed by atoms with E-state index in [1.807, 2.05) is 12.1 Å². The molecule has 3 aromatic carbocycles. The van der Waals surface area contributed by atoms with Crippen LogP contribution in [0.4, 0.5) is 4.39 Å². The summed E-state index contributed by atoms with van der Waals surface area (Å²) in [7, 11) is 2.91. The van der Waals surface area contributed by atoms with Crippen LogP contribution < -0.4 is 10.5 Å². The summed E-state index contributed by atoms with van der Waals surface area (Å²) in [5, 5.41) is 1.73. The van der Waals surface area contributed by atoms with Crippen molar-refractivity contribution in [2.24, 2.45) is 5.73 Å². The summed E-state index contributed by atoms with van der Waals surface area (Å²) in [5.41, 5.74) is 8.35. The third-order valence-corrected chi connectivity index (χ3v) is 4.51. The highest BCUT2D eigenvalue weighted by molar-refractivity contribution is 6.13. The van der Waals surface area contributed by atoms with Crippen molar-refractivity contribution in [2.75, 3.05) is 14.2 Å². The van der Waals surface area contributed by atoms with Gasteiger partial charge >= 0.3 is 0 Å². The molecule has 0 fully saturated rings. The zero-order valence-electron chi connectivity index (χ0n) is 15.5. The summed E-state index contributed by atoms with van der Waals surface area (Å²) in [6.45, 7) is 0. The minimum atomic E-state index is -0.465. The van der Waals surface area contributed by atoms with Crippen LogP contribution in [-0.2, 0) is 0 Å². The molecule has 5 nitrogen and oxygen atoms in total. The first-order valence-electron chi connectivity index (χ1n) is 8.56. The van der Waals surface area contributed by atoms with Gasteiger partial charge in [-0.2, -0.15) is 0 Å². The van der Waals surface area contributed by atoms with Gasteiger partial charge in [0.25, 0.3) is 0 Å². The van der Waals surface area contributed by atoms with E-state index in [-0.39, 0.29) is 5.75 Å². The van der Waals surface area contributed by atoms with Gasteiger partial charge in [0.05, 0.1) is 12.6 Å². The number of aromatic amines is 1. The van der Waals surface area contributed by atoms with Crippen LogP contribution in [0.5, 0.6) is 5.75 Å². The molecule has 1 aromatic heterocycles. The number of aromatic nitrogens is 1. The molecule has 0 saturated heterocycles. The Kier molecular flexibility index (Phi) is 5.52. The van der Waals surface area contributed by atoms with Gasteiger partial charge in [0.1, 0.15) is 6.29 Å². The van der Waals surface area contributed by atoms with Crippen LogP contribution in [0.25, 0.3) is 32.9 Å². The second kappa shape index (κ2) is 8.02. The molecule has 0 aliphatic carbocycles. The second-order valence-corrected chi connectivity index (χ2v) is 6.00. The highest BCUT2D eigenvalue weighted by Crippen LogP contribution is 2.33. The van der Waals surface area contributed by atoms with E-state index >= 15 is 0 Å².